The van der Waals surface area contributed by atoms with Crippen molar-refractivity contribution >= 4 is 23.1 Å². The summed E-state index contributed by atoms with van der Waals surface area (Å²) in [5, 5.41) is 9.19. The summed E-state index contributed by atoms with van der Waals surface area (Å²) in [6.45, 7) is 2.95. The molecule has 0 saturated carbocycles. The summed E-state index contributed by atoms with van der Waals surface area (Å²) in [7, 11) is 0. The fourth-order valence-electron chi connectivity index (χ4n) is 1.01. The molecule has 0 aliphatic carbocycles. The number of ketones is 1. The van der Waals surface area contributed by atoms with Gasteiger partial charge in [0.2, 0.25) is 0 Å². The fourth-order valence-corrected chi connectivity index (χ4v) is 1.81. The molecule has 15 heavy (non-hydrogen) atoms. The third kappa shape index (κ3) is 2.60. The highest BCUT2D eigenvalue weighted by atomic mass is 32.1. The van der Waals surface area contributed by atoms with Gasteiger partial charge in [-0.3, -0.25) is 4.79 Å². The van der Waals surface area contributed by atoms with Crippen molar-refractivity contribution in [3.05, 3.63) is 15.6 Å². The molecule has 0 bridgehead atoms. The van der Waals surface area contributed by atoms with Gasteiger partial charge in [0.1, 0.15) is 9.88 Å². The fraction of sp³-hybridized carbons (Fsp3) is 0.444. The first kappa shape index (κ1) is 11.8. The molecule has 0 aromatic carbocycles. The van der Waals surface area contributed by atoms with Gasteiger partial charge in [-0.1, -0.05) is 0 Å². The average Bonchev–Trinajstić information content (AvgIpc) is 2.61. The molecule has 1 N–H and O–H groups in total. The Kier molecular flexibility index (Phi) is 3.93. The molecule has 0 fully saturated rings. The van der Waals surface area contributed by atoms with Gasteiger partial charge in [0.25, 0.3) is 0 Å². The van der Waals surface area contributed by atoms with Gasteiger partial charge in [0.15, 0.2) is 11.5 Å². The van der Waals surface area contributed by atoms with E-state index in [0.29, 0.717) is 5.01 Å². The van der Waals surface area contributed by atoms with Crippen molar-refractivity contribution in [2.75, 3.05) is 6.61 Å². The van der Waals surface area contributed by atoms with Crippen LogP contribution in [0.15, 0.2) is 0 Å². The van der Waals surface area contributed by atoms with Crippen molar-refractivity contribution in [3.8, 4) is 0 Å². The van der Waals surface area contributed by atoms with Gasteiger partial charge in [-0.2, -0.15) is 0 Å². The summed E-state index contributed by atoms with van der Waals surface area (Å²) in [5.74, 6) is -0.881. The highest BCUT2D eigenvalue weighted by molar-refractivity contribution is 7.14. The van der Waals surface area contributed by atoms with Gasteiger partial charge in [0, 0.05) is 6.92 Å². The lowest BCUT2D eigenvalue weighted by atomic mass is 10.3. The molecule has 0 aliphatic rings. The number of aliphatic hydroxyl groups excluding tert-OH is 1. The largest absolute Gasteiger partial charge is 0.461 e. The molecule has 0 spiro atoms. The van der Waals surface area contributed by atoms with Crippen LogP contribution in [-0.4, -0.2) is 28.4 Å². The van der Waals surface area contributed by atoms with E-state index < -0.39 is 5.97 Å². The van der Waals surface area contributed by atoms with E-state index >= 15 is 0 Å². The number of aliphatic hydroxyl groups is 1. The van der Waals surface area contributed by atoms with Gasteiger partial charge >= 0.3 is 5.97 Å². The van der Waals surface area contributed by atoms with E-state index in [1.54, 1.807) is 6.92 Å². The van der Waals surface area contributed by atoms with E-state index in [4.69, 9.17) is 9.84 Å². The van der Waals surface area contributed by atoms with Crippen molar-refractivity contribution in [2.24, 2.45) is 0 Å². The van der Waals surface area contributed by atoms with Crippen LogP contribution in [0.25, 0.3) is 0 Å². The van der Waals surface area contributed by atoms with Gasteiger partial charge < -0.3 is 9.84 Å². The van der Waals surface area contributed by atoms with E-state index in [1.165, 1.54) is 6.92 Å². The van der Waals surface area contributed by atoms with E-state index in [9.17, 15) is 9.59 Å². The number of Topliss-reactive ketones (excluding diaryl/α,β-unsaturated/α-hetero) is 1. The Morgan fingerprint density at radius 1 is 1.53 bits per heavy atom. The molecular weight excluding hydrogens is 218 g/mol. The first-order chi connectivity index (χ1) is 7.10. The number of hydrogen-bond acceptors (Lipinski definition) is 6. The number of aromatic nitrogens is 1. The predicted molar refractivity (Wildman–Crippen MR) is 54.0 cm³/mol. The Hall–Kier alpha value is -1.27. The summed E-state index contributed by atoms with van der Waals surface area (Å²) in [5.41, 5.74) is -0.00148. The van der Waals surface area contributed by atoms with Gasteiger partial charge in [-0.05, 0) is 6.92 Å². The zero-order chi connectivity index (χ0) is 11.4. The molecule has 0 unspecified atom stereocenters. The number of nitrogens with zero attached hydrogens (tertiary/aromatic N) is 1. The van der Waals surface area contributed by atoms with E-state index in [-0.39, 0.29) is 29.6 Å². The van der Waals surface area contributed by atoms with E-state index in [0.717, 1.165) is 11.3 Å². The van der Waals surface area contributed by atoms with Gasteiger partial charge in [-0.25, -0.2) is 9.78 Å². The van der Waals surface area contributed by atoms with Gasteiger partial charge in [-0.15, -0.1) is 11.3 Å². The molecule has 0 atom stereocenters. The standard InChI is InChI=1S/C9H11NO4S/c1-3-14-9(13)7-8(5(2)12)15-6(4-11)10-7/h11H,3-4H2,1-2H3. The maximum Gasteiger partial charge on any atom is 0.358 e. The molecule has 1 aromatic rings. The molecule has 0 amide bonds. The molecular formula is C9H11NO4S. The molecule has 1 rings (SSSR count). The Bertz CT molecular complexity index is 385. The zero-order valence-electron chi connectivity index (χ0n) is 8.44. The minimum atomic E-state index is -0.626. The second kappa shape index (κ2) is 4.99. The number of esters is 1. The Balaban J connectivity index is 3.09. The van der Waals surface area contributed by atoms with Crippen LogP contribution < -0.4 is 0 Å². The predicted octanol–water partition coefficient (Wildman–Crippen LogP) is 1.01. The van der Waals surface area contributed by atoms with Crippen LogP contribution in [0, 0.1) is 0 Å². The number of rotatable bonds is 4. The van der Waals surface area contributed by atoms with Crippen LogP contribution in [-0.2, 0) is 11.3 Å². The van der Waals surface area contributed by atoms with Crippen LogP contribution in [0.1, 0.15) is 39.0 Å². The summed E-state index contributed by atoms with van der Waals surface area (Å²) in [6, 6.07) is 0. The topological polar surface area (TPSA) is 76.5 Å². The third-order valence-corrected chi connectivity index (χ3v) is 2.74. The van der Waals surface area contributed by atoms with Crippen molar-refractivity contribution < 1.29 is 19.4 Å². The first-order valence-corrected chi connectivity index (χ1v) is 5.20. The minimum Gasteiger partial charge on any atom is -0.461 e. The van der Waals surface area contributed by atoms with Crippen LogP contribution >= 0.6 is 11.3 Å². The minimum absolute atomic E-state index is 0.00148. The molecule has 5 nitrogen and oxygen atoms in total. The van der Waals surface area contributed by atoms with Crippen LogP contribution in [0.4, 0.5) is 0 Å². The lowest BCUT2D eigenvalue weighted by molar-refractivity contribution is 0.0517. The van der Waals surface area contributed by atoms with Crippen LogP contribution in [0.5, 0.6) is 0 Å². The number of ether oxygens (including phenoxy) is 1. The van der Waals surface area contributed by atoms with Crippen molar-refractivity contribution in [2.45, 2.75) is 20.5 Å². The number of carbonyl (C=O) groups is 2. The van der Waals surface area contributed by atoms with Crippen molar-refractivity contribution in [3.63, 3.8) is 0 Å². The smallest absolute Gasteiger partial charge is 0.358 e. The SMILES string of the molecule is CCOC(=O)c1nc(CO)sc1C(C)=O. The second-order valence-electron chi connectivity index (χ2n) is 2.72. The van der Waals surface area contributed by atoms with E-state index in [1.807, 2.05) is 0 Å². The number of carbonyl (C=O) groups excluding carboxylic acids is 2. The Morgan fingerprint density at radius 3 is 2.67 bits per heavy atom. The summed E-state index contributed by atoms with van der Waals surface area (Å²) in [4.78, 5) is 26.6. The Morgan fingerprint density at radius 2 is 2.20 bits per heavy atom. The molecule has 6 heteroatoms. The zero-order valence-corrected chi connectivity index (χ0v) is 9.26. The monoisotopic (exact) mass is 229 g/mol. The molecule has 0 radical (unpaired) electrons. The highest BCUT2D eigenvalue weighted by Crippen LogP contribution is 2.20. The van der Waals surface area contributed by atoms with E-state index in [2.05, 4.69) is 4.98 Å². The third-order valence-electron chi connectivity index (χ3n) is 1.60. The highest BCUT2D eigenvalue weighted by Gasteiger charge is 2.21. The van der Waals surface area contributed by atoms with Crippen molar-refractivity contribution in [1.82, 2.24) is 4.98 Å². The number of hydrogen-bond donors (Lipinski definition) is 1. The molecule has 0 aliphatic heterocycles. The van der Waals surface area contributed by atoms with Crippen molar-refractivity contribution in [1.29, 1.82) is 0 Å². The number of thiazole rings is 1. The Labute approximate surface area is 90.7 Å². The second-order valence-corrected chi connectivity index (χ2v) is 3.80. The molecule has 82 valence electrons. The summed E-state index contributed by atoms with van der Waals surface area (Å²) in [6.07, 6.45) is 0. The summed E-state index contributed by atoms with van der Waals surface area (Å²) >= 11 is 1.01. The lowest BCUT2D eigenvalue weighted by Gasteiger charge is -1.98. The van der Waals surface area contributed by atoms with Crippen LogP contribution in [0.3, 0.4) is 0 Å². The maximum atomic E-state index is 11.4. The van der Waals surface area contributed by atoms with Gasteiger partial charge in [0.05, 0.1) is 13.2 Å². The first-order valence-electron chi connectivity index (χ1n) is 4.38. The summed E-state index contributed by atoms with van der Waals surface area (Å²) < 4.78 is 4.75. The maximum absolute atomic E-state index is 11.4. The molecule has 1 aromatic heterocycles. The lowest BCUT2D eigenvalue weighted by Crippen LogP contribution is -2.09. The van der Waals surface area contributed by atoms with Crippen LogP contribution in [0.2, 0.25) is 0 Å². The normalized spacial score (nSPS) is 10.1. The average molecular weight is 229 g/mol. The molecule has 0 saturated heterocycles. The molecule has 1 heterocycles. The quantitative estimate of drug-likeness (QED) is 0.616.